The predicted molar refractivity (Wildman–Crippen MR) is 93.6 cm³/mol. The number of amides is 2. The van der Waals surface area contributed by atoms with Crippen LogP contribution < -0.4 is 4.90 Å². The van der Waals surface area contributed by atoms with Crippen LogP contribution in [-0.4, -0.2) is 35.3 Å². The molecule has 4 heteroatoms. The monoisotopic (exact) mass is 326 g/mol. The molecule has 1 aromatic rings. The molecule has 2 saturated heterocycles. The van der Waals surface area contributed by atoms with Crippen LogP contribution in [0.25, 0.3) is 0 Å². The topological polar surface area (TPSA) is 40.6 Å². The van der Waals surface area contributed by atoms with E-state index in [4.69, 9.17) is 0 Å². The van der Waals surface area contributed by atoms with Gasteiger partial charge in [-0.3, -0.25) is 14.5 Å². The molecular formula is C20H26N2O2. The Labute approximate surface area is 143 Å². The number of para-hydroxylation sites is 1. The molecule has 0 aromatic heterocycles. The summed E-state index contributed by atoms with van der Waals surface area (Å²) in [4.78, 5) is 29.3. The van der Waals surface area contributed by atoms with Gasteiger partial charge < -0.3 is 0 Å². The molecule has 3 fully saturated rings. The van der Waals surface area contributed by atoms with E-state index in [9.17, 15) is 9.59 Å². The predicted octanol–water partition coefficient (Wildman–Crippen LogP) is 3.22. The van der Waals surface area contributed by atoms with Gasteiger partial charge in [0.15, 0.2) is 0 Å². The summed E-state index contributed by atoms with van der Waals surface area (Å²) < 4.78 is 0. The molecular weight excluding hydrogens is 300 g/mol. The van der Waals surface area contributed by atoms with Crippen molar-refractivity contribution in [3.05, 3.63) is 30.3 Å². The average molecular weight is 326 g/mol. The van der Waals surface area contributed by atoms with Crippen LogP contribution in [0.3, 0.4) is 0 Å². The van der Waals surface area contributed by atoms with Crippen molar-refractivity contribution in [3.63, 3.8) is 0 Å². The zero-order valence-corrected chi connectivity index (χ0v) is 14.8. The molecule has 0 N–H and O–H groups in total. The third kappa shape index (κ3) is 2.48. The van der Waals surface area contributed by atoms with E-state index in [0.29, 0.717) is 23.6 Å². The molecule has 2 bridgehead atoms. The van der Waals surface area contributed by atoms with Crippen molar-refractivity contribution < 1.29 is 9.59 Å². The minimum absolute atomic E-state index is 0.0415. The van der Waals surface area contributed by atoms with E-state index in [1.807, 2.05) is 30.3 Å². The minimum atomic E-state index is -0.279. The van der Waals surface area contributed by atoms with Gasteiger partial charge in [-0.15, -0.1) is 0 Å². The van der Waals surface area contributed by atoms with Crippen molar-refractivity contribution in [1.29, 1.82) is 0 Å². The van der Waals surface area contributed by atoms with E-state index in [0.717, 1.165) is 19.4 Å². The molecule has 2 amide bonds. The first-order valence-corrected chi connectivity index (χ1v) is 8.96. The van der Waals surface area contributed by atoms with Crippen LogP contribution in [0.1, 0.15) is 46.5 Å². The van der Waals surface area contributed by atoms with Crippen molar-refractivity contribution in [2.45, 2.75) is 58.5 Å². The molecule has 1 saturated carbocycles. The molecule has 3 atom stereocenters. The Morgan fingerprint density at radius 2 is 1.75 bits per heavy atom. The summed E-state index contributed by atoms with van der Waals surface area (Å²) in [5, 5.41) is 0. The molecule has 4 nitrogen and oxygen atoms in total. The van der Waals surface area contributed by atoms with Crippen LogP contribution in [0.15, 0.2) is 30.3 Å². The number of hydrogen-bond acceptors (Lipinski definition) is 3. The van der Waals surface area contributed by atoms with Crippen LogP contribution in [-0.2, 0) is 9.59 Å². The second-order valence-corrected chi connectivity index (χ2v) is 9.01. The quantitative estimate of drug-likeness (QED) is 0.784. The van der Waals surface area contributed by atoms with Crippen molar-refractivity contribution in [1.82, 2.24) is 4.90 Å². The molecule has 128 valence electrons. The average Bonchev–Trinajstić information content (AvgIpc) is 2.91. The number of imide groups is 1. The lowest BCUT2D eigenvalue weighted by atomic mass is 9.65. The molecule has 3 aliphatic rings. The lowest BCUT2D eigenvalue weighted by Gasteiger charge is -2.40. The Morgan fingerprint density at radius 3 is 2.46 bits per heavy atom. The molecule has 0 radical (unpaired) electrons. The first-order valence-electron chi connectivity index (χ1n) is 8.96. The van der Waals surface area contributed by atoms with Gasteiger partial charge in [-0.25, -0.2) is 4.90 Å². The van der Waals surface area contributed by atoms with Crippen LogP contribution in [0.2, 0.25) is 0 Å². The lowest BCUT2D eigenvalue weighted by molar-refractivity contribution is -0.123. The van der Waals surface area contributed by atoms with Crippen molar-refractivity contribution in [2.75, 3.05) is 11.4 Å². The van der Waals surface area contributed by atoms with Crippen LogP contribution >= 0.6 is 0 Å². The van der Waals surface area contributed by atoms with E-state index in [-0.39, 0.29) is 23.3 Å². The van der Waals surface area contributed by atoms with E-state index in [2.05, 4.69) is 25.7 Å². The normalized spacial score (nSPS) is 35.7. The molecule has 3 unspecified atom stereocenters. The van der Waals surface area contributed by atoms with Gasteiger partial charge in [0.25, 0.3) is 5.91 Å². The third-order valence-corrected chi connectivity index (χ3v) is 5.99. The Kier molecular flexibility index (Phi) is 3.40. The third-order valence-electron chi connectivity index (χ3n) is 5.99. The van der Waals surface area contributed by atoms with Gasteiger partial charge in [-0.05, 0) is 42.2 Å². The molecule has 1 aliphatic carbocycles. The lowest BCUT2D eigenvalue weighted by Crippen LogP contribution is -2.45. The molecule has 2 aliphatic heterocycles. The maximum Gasteiger partial charge on any atom is 0.251 e. The summed E-state index contributed by atoms with van der Waals surface area (Å²) in [6.07, 6.45) is 3.79. The maximum atomic E-state index is 13.0. The fourth-order valence-corrected chi connectivity index (χ4v) is 5.59. The summed E-state index contributed by atoms with van der Waals surface area (Å²) >= 11 is 0. The van der Waals surface area contributed by atoms with Gasteiger partial charge in [0.2, 0.25) is 5.91 Å². The number of likely N-dealkylation sites (tertiary alicyclic amines) is 1. The van der Waals surface area contributed by atoms with Crippen molar-refractivity contribution in [3.8, 4) is 0 Å². The highest BCUT2D eigenvalue weighted by Crippen LogP contribution is 2.53. The molecule has 1 aromatic carbocycles. The van der Waals surface area contributed by atoms with Crippen LogP contribution in [0, 0.1) is 10.8 Å². The van der Waals surface area contributed by atoms with Gasteiger partial charge in [-0.1, -0.05) is 39.0 Å². The smallest absolute Gasteiger partial charge is 0.251 e. The number of carbonyl (C=O) groups is 2. The van der Waals surface area contributed by atoms with Crippen LogP contribution in [0.4, 0.5) is 5.69 Å². The first kappa shape index (κ1) is 15.8. The summed E-state index contributed by atoms with van der Waals surface area (Å²) in [6, 6.07) is 9.47. The first-order chi connectivity index (χ1) is 11.3. The minimum Gasteiger partial charge on any atom is -0.288 e. The highest BCUT2D eigenvalue weighted by Gasteiger charge is 2.54. The highest BCUT2D eigenvalue weighted by molar-refractivity contribution is 6.22. The highest BCUT2D eigenvalue weighted by atomic mass is 16.2. The van der Waals surface area contributed by atoms with E-state index in [1.165, 1.54) is 11.3 Å². The van der Waals surface area contributed by atoms with Gasteiger partial charge in [0.1, 0.15) is 0 Å². The van der Waals surface area contributed by atoms with E-state index >= 15 is 0 Å². The summed E-state index contributed by atoms with van der Waals surface area (Å²) in [5.41, 5.74) is 1.29. The van der Waals surface area contributed by atoms with Gasteiger partial charge in [0, 0.05) is 12.6 Å². The van der Waals surface area contributed by atoms with Gasteiger partial charge in [0.05, 0.1) is 18.2 Å². The standard InChI is InChI=1S/C20H26N2O2/c1-19(2)10-15-11-20(3,12-19)13-21(15)16-9-17(23)22(18(16)24)14-7-5-4-6-8-14/h4-8,15-16H,9-13H2,1-3H3. The van der Waals surface area contributed by atoms with E-state index < -0.39 is 0 Å². The number of carbonyl (C=O) groups excluding carboxylic acids is 2. The summed E-state index contributed by atoms with van der Waals surface area (Å²) in [7, 11) is 0. The maximum absolute atomic E-state index is 13.0. The van der Waals surface area contributed by atoms with Crippen LogP contribution in [0.5, 0.6) is 0 Å². The SMILES string of the molecule is CC1(C)CC2CC(C)(CN2C2CC(=O)N(c3ccccc3)C2=O)C1. The second-order valence-electron chi connectivity index (χ2n) is 9.01. The fraction of sp³-hybridized carbons (Fsp3) is 0.600. The van der Waals surface area contributed by atoms with Crippen molar-refractivity contribution >= 4 is 17.5 Å². The van der Waals surface area contributed by atoms with Crippen molar-refractivity contribution in [2.24, 2.45) is 10.8 Å². The summed E-state index contributed by atoms with van der Waals surface area (Å²) in [6.45, 7) is 7.95. The Hall–Kier alpha value is -1.68. The molecule has 0 spiro atoms. The zero-order valence-electron chi connectivity index (χ0n) is 14.8. The Morgan fingerprint density at radius 1 is 1.04 bits per heavy atom. The molecule has 4 rings (SSSR count). The van der Waals surface area contributed by atoms with Gasteiger partial charge in [-0.2, -0.15) is 0 Å². The van der Waals surface area contributed by atoms with E-state index in [1.54, 1.807) is 0 Å². The fourth-order valence-electron chi connectivity index (χ4n) is 5.59. The number of anilines is 1. The Bertz CT molecular complexity index is 684. The zero-order chi connectivity index (χ0) is 17.1. The number of hydrogen-bond donors (Lipinski definition) is 0. The number of fused-ring (bicyclic) bond motifs is 2. The molecule has 2 heterocycles. The number of nitrogens with zero attached hydrogens (tertiary/aromatic N) is 2. The van der Waals surface area contributed by atoms with Gasteiger partial charge >= 0.3 is 0 Å². The second kappa shape index (κ2) is 5.16. The number of rotatable bonds is 2. The Balaban J connectivity index is 1.60. The largest absolute Gasteiger partial charge is 0.288 e. The number of benzene rings is 1. The summed E-state index contributed by atoms with van der Waals surface area (Å²) in [5.74, 6) is -0.109. The molecule has 24 heavy (non-hydrogen) atoms.